The number of rotatable bonds is 5. The summed E-state index contributed by atoms with van der Waals surface area (Å²) in [5, 5.41) is 2.18. The minimum Gasteiger partial charge on any atom is -1.00 e. The van der Waals surface area contributed by atoms with Gasteiger partial charge in [-0.05, 0) is 34.9 Å². The number of fused-ring (bicyclic) bond motifs is 4. The van der Waals surface area contributed by atoms with Crippen molar-refractivity contribution in [1.82, 2.24) is 9.47 Å². The van der Waals surface area contributed by atoms with E-state index in [-0.39, 0.29) is 53.3 Å². The van der Waals surface area contributed by atoms with Crippen molar-refractivity contribution in [2.24, 2.45) is 0 Å². The summed E-state index contributed by atoms with van der Waals surface area (Å²) in [6.45, 7) is 3.52. The van der Waals surface area contributed by atoms with Crippen LogP contribution >= 0.6 is 0 Å². The fourth-order valence-corrected chi connectivity index (χ4v) is 6.01. The molecule has 0 saturated carbocycles. The number of ketones is 1. The van der Waals surface area contributed by atoms with Crippen LogP contribution in [0.3, 0.4) is 0 Å². The number of amides is 1. The standard InChI is InChI=1S/C29H29N4O2.BrH/c1-29-13-14-33(28(29)30(2)25-10-6-5-9-24(25)29)27(35)19-32-16-15-31(20-32)18-26(34)23-12-11-21-7-3-4-8-22(21)17-23;/h3-12,15-17,20,28H,13-14,18-19H2,1-2H3;1H/q+1;/p-1. The zero-order valence-corrected chi connectivity index (χ0v) is 22.1. The van der Waals surface area contributed by atoms with E-state index in [4.69, 9.17) is 0 Å². The molecule has 2 atom stereocenters. The lowest BCUT2D eigenvalue weighted by Gasteiger charge is -2.34. The topological polar surface area (TPSA) is 49.4 Å². The highest BCUT2D eigenvalue weighted by molar-refractivity contribution is 5.99. The van der Waals surface area contributed by atoms with E-state index in [2.05, 4.69) is 43.1 Å². The predicted octanol–water partition coefficient (Wildman–Crippen LogP) is 0.782. The Morgan fingerprint density at radius 1 is 1.03 bits per heavy atom. The number of aromatic nitrogens is 2. The molecule has 1 fully saturated rings. The molecule has 6 rings (SSSR count). The van der Waals surface area contributed by atoms with Crippen LogP contribution < -0.4 is 26.4 Å². The van der Waals surface area contributed by atoms with Crippen LogP contribution in [0, 0.1) is 0 Å². The Morgan fingerprint density at radius 3 is 2.61 bits per heavy atom. The van der Waals surface area contributed by atoms with Crippen molar-refractivity contribution in [2.75, 3.05) is 18.5 Å². The van der Waals surface area contributed by atoms with Gasteiger partial charge in [0, 0.05) is 30.3 Å². The van der Waals surface area contributed by atoms with Crippen LogP contribution in [0.1, 0.15) is 29.3 Å². The molecule has 2 aliphatic rings. The first kappa shape index (κ1) is 24.3. The predicted molar refractivity (Wildman–Crippen MR) is 135 cm³/mol. The molecular formula is C29H29BrN4O2. The molecule has 2 aliphatic heterocycles. The van der Waals surface area contributed by atoms with Crippen molar-refractivity contribution in [3.8, 4) is 0 Å². The number of imidazole rings is 1. The number of para-hydroxylation sites is 1. The highest BCUT2D eigenvalue weighted by atomic mass is 79.9. The molecule has 0 bridgehead atoms. The van der Waals surface area contributed by atoms with Gasteiger partial charge in [0.15, 0.2) is 13.1 Å². The van der Waals surface area contributed by atoms with Crippen LogP contribution in [0.5, 0.6) is 0 Å². The molecule has 184 valence electrons. The van der Waals surface area contributed by atoms with Crippen molar-refractivity contribution >= 4 is 28.2 Å². The maximum atomic E-state index is 13.4. The van der Waals surface area contributed by atoms with Crippen molar-refractivity contribution in [2.45, 2.75) is 38.0 Å². The zero-order chi connectivity index (χ0) is 24.2. The van der Waals surface area contributed by atoms with E-state index in [0.717, 1.165) is 23.7 Å². The number of anilines is 1. The zero-order valence-electron chi connectivity index (χ0n) is 20.5. The number of likely N-dealkylation sites (tertiary alicyclic amines) is 1. The largest absolute Gasteiger partial charge is 1.00 e. The molecule has 1 aromatic heterocycles. The Morgan fingerprint density at radius 2 is 1.78 bits per heavy atom. The second kappa shape index (κ2) is 9.21. The molecule has 0 spiro atoms. The van der Waals surface area contributed by atoms with Gasteiger partial charge in [0.05, 0.1) is 0 Å². The van der Waals surface area contributed by atoms with Crippen molar-refractivity contribution in [1.29, 1.82) is 0 Å². The SMILES string of the molecule is CN1c2ccccc2C2(C)CCN(C(=O)Cn3cc[n+](CC(=O)c4ccc5ccccc5c4)c3)C12.[Br-]. The third-order valence-electron chi connectivity index (χ3n) is 7.79. The second-order valence-corrected chi connectivity index (χ2v) is 10.00. The number of halogens is 1. The maximum absolute atomic E-state index is 13.4. The molecule has 7 heteroatoms. The average molecular weight is 545 g/mol. The van der Waals surface area contributed by atoms with Gasteiger partial charge in [-0.2, -0.15) is 0 Å². The van der Waals surface area contributed by atoms with E-state index in [9.17, 15) is 9.59 Å². The van der Waals surface area contributed by atoms with Gasteiger partial charge in [-0.3, -0.25) is 9.59 Å². The first-order valence-electron chi connectivity index (χ1n) is 12.1. The van der Waals surface area contributed by atoms with E-state index in [1.54, 1.807) is 0 Å². The van der Waals surface area contributed by atoms with Gasteiger partial charge in [0.25, 0.3) is 5.91 Å². The molecule has 2 unspecified atom stereocenters. The molecule has 1 amide bonds. The second-order valence-electron chi connectivity index (χ2n) is 10.00. The average Bonchev–Trinajstić information content (AvgIpc) is 3.52. The fourth-order valence-electron chi connectivity index (χ4n) is 6.01. The Hall–Kier alpha value is -3.45. The van der Waals surface area contributed by atoms with Crippen LogP contribution in [-0.2, 0) is 23.3 Å². The third-order valence-corrected chi connectivity index (χ3v) is 7.79. The van der Waals surface area contributed by atoms with Crippen LogP contribution in [0.25, 0.3) is 10.8 Å². The van der Waals surface area contributed by atoms with E-state index >= 15 is 0 Å². The Balaban J connectivity index is 0.00000267. The minimum absolute atomic E-state index is 0. The van der Waals surface area contributed by atoms with Gasteiger partial charge in [-0.25, -0.2) is 9.13 Å². The lowest BCUT2D eigenvalue weighted by atomic mass is 9.81. The first-order chi connectivity index (χ1) is 16.9. The van der Waals surface area contributed by atoms with Gasteiger partial charge >= 0.3 is 0 Å². The number of benzene rings is 3. The Labute approximate surface area is 221 Å². The summed E-state index contributed by atoms with van der Waals surface area (Å²) < 4.78 is 3.71. The Kier molecular flexibility index (Phi) is 6.20. The van der Waals surface area contributed by atoms with Gasteiger partial charge in [-0.1, -0.05) is 61.5 Å². The molecule has 3 aromatic carbocycles. The molecule has 3 heterocycles. The van der Waals surface area contributed by atoms with Gasteiger partial charge in [0.1, 0.15) is 18.6 Å². The summed E-state index contributed by atoms with van der Waals surface area (Å²) in [6.07, 6.45) is 6.56. The minimum atomic E-state index is -0.0517. The Bertz CT molecular complexity index is 1460. The number of hydrogen-bond donors (Lipinski definition) is 0. The summed E-state index contributed by atoms with van der Waals surface area (Å²) in [4.78, 5) is 30.5. The number of carbonyl (C=O) groups excluding carboxylic acids is 2. The number of hydrogen-bond acceptors (Lipinski definition) is 3. The van der Waals surface area contributed by atoms with E-state index < -0.39 is 0 Å². The number of likely N-dealkylation sites (N-methyl/N-ethyl adjacent to an activating group) is 1. The van der Waals surface area contributed by atoms with Crippen molar-refractivity contribution in [3.63, 3.8) is 0 Å². The summed E-state index contributed by atoms with van der Waals surface area (Å²) in [5.41, 5.74) is 3.18. The van der Waals surface area contributed by atoms with Crippen LogP contribution in [0.15, 0.2) is 85.5 Å². The highest BCUT2D eigenvalue weighted by Gasteiger charge is 2.54. The molecule has 1 saturated heterocycles. The number of nitrogens with zero attached hydrogens (tertiary/aromatic N) is 4. The normalized spacial score (nSPS) is 20.2. The van der Waals surface area contributed by atoms with Gasteiger partial charge in [-0.15, -0.1) is 0 Å². The quantitative estimate of drug-likeness (QED) is 0.275. The summed E-state index contributed by atoms with van der Waals surface area (Å²) in [7, 11) is 2.09. The molecule has 36 heavy (non-hydrogen) atoms. The lowest BCUT2D eigenvalue weighted by Crippen LogP contribution is -3.00. The highest BCUT2D eigenvalue weighted by Crippen LogP contribution is 2.51. The van der Waals surface area contributed by atoms with E-state index in [1.165, 1.54) is 11.3 Å². The third kappa shape index (κ3) is 3.91. The smallest absolute Gasteiger partial charge is 0.266 e. The molecular weight excluding hydrogens is 516 g/mol. The van der Waals surface area contributed by atoms with E-state index in [0.29, 0.717) is 5.56 Å². The number of carbonyl (C=O) groups is 2. The molecule has 4 aromatic rings. The van der Waals surface area contributed by atoms with Gasteiger partial charge < -0.3 is 26.8 Å². The first-order valence-corrected chi connectivity index (χ1v) is 12.1. The van der Waals surface area contributed by atoms with Crippen LogP contribution in [0.4, 0.5) is 5.69 Å². The summed E-state index contributed by atoms with van der Waals surface area (Å²) in [5.74, 6) is 0.146. The van der Waals surface area contributed by atoms with Crippen molar-refractivity contribution in [3.05, 3.63) is 96.6 Å². The molecule has 0 radical (unpaired) electrons. The van der Waals surface area contributed by atoms with E-state index in [1.807, 2.05) is 75.2 Å². The number of Topliss-reactive ketones (excluding diaryl/α,β-unsaturated/α-hetero) is 1. The fraction of sp³-hybridized carbons (Fsp3) is 0.276. The lowest BCUT2D eigenvalue weighted by molar-refractivity contribution is -0.682. The molecule has 0 N–H and O–H groups in total. The van der Waals surface area contributed by atoms with Gasteiger partial charge in [0.2, 0.25) is 12.1 Å². The molecule has 6 nitrogen and oxygen atoms in total. The molecule has 0 aliphatic carbocycles. The van der Waals surface area contributed by atoms with Crippen molar-refractivity contribution < 1.29 is 31.1 Å². The monoisotopic (exact) mass is 544 g/mol. The van der Waals surface area contributed by atoms with Crippen LogP contribution in [-0.4, -0.2) is 40.9 Å². The summed E-state index contributed by atoms with van der Waals surface area (Å²) in [6, 6.07) is 22.3. The van der Waals surface area contributed by atoms with Crippen LogP contribution in [0.2, 0.25) is 0 Å². The maximum Gasteiger partial charge on any atom is 0.266 e. The summed E-state index contributed by atoms with van der Waals surface area (Å²) >= 11 is 0.